The molecule has 190 valence electrons. The number of aliphatic hydroxyl groups is 1. The molecule has 0 saturated carbocycles. The lowest BCUT2D eigenvalue weighted by Gasteiger charge is -2.28. The summed E-state index contributed by atoms with van der Waals surface area (Å²) in [6.45, 7) is -0.671. The van der Waals surface area contributed by atoms with E-state index in [1.54, 1.807) is 9.58 Å². The zero-order valence-electron chi connectivity index (χ0n) is 19.1. The van der Waals surface area contributed by atoms with Crippen molar-refractivity contribution in [3.8, 4) is 5.75 Å². The fourth-order valence-electron chi connectivity index (χ4n) is 4.40. The molecule has 2 aliphatic heterocycles. The quantitative estimate of drug-likeness (QED) is 0.494. The predicted octanol–water partition coefficient (Wildman–Crippen LogP) is 1.89. The third-order valence-corrected chi connectivity index (χ3v) is 6.31. The molecule has 0 radical (unpaired) electrons. The number of fused-ring (bicyclic) bond motifs is 2. The Morgan fingerprint density at radius 3 is 2.75 bits per heavy atom. The first-order chi connectivity index (χ1) is 17.4. The number of nitrogens with one attached hydrogen (secondary N) is 1. The third-order valence-electron chi connectivity index (χ3n) is 6.31. The number of benzene rings is 1. The van der Waals surface area contributed by atoms with Crippen molar-refractivity contribution in [2.75, 3.05) is 19.6 Å². The number of aromatic amines is 1. The van der Waals surface area contributed by atoms with Crippen molar-refractivity contribution in [3.63, 3.8) is 0 Å². The summed E-state index contributed by atoms with van der Waals surface area (Å²) >= 11 is 0. The Hall–Kier alpha value is -3.71. The molecule has 2 aromatic heterocycles. The summed E-state index contributed by atoms with van der Waals surface area (Å²) in [5, 5.41) is 26.3. The van der Waals surface area contributed by atoms with Crippen LogP contribution in [0.15, 0.2) is 30.3 Å². The molecule has 2 aliphatic rings. The maximum atomic E-state index is 13.9. The zero-order chi connectivity index (χ0) is 25.2. The van der Waals surface area contributed by atoms with Gasteiger partial charge in [0.15, 0.2) is 17.8 Å². The molecule has 0 saturated heterocycles. The molecule has 1 unspecified atom stereocenters. The van der Waals surface area contributed by atoms with E-state index in [-0.39, 0.29) is 5.91 Å². The van der Waals surface area contributed by atoms with Gasteiger partial charge >= 0.3 is 6.61 Å². The van der Waals surface area contributed by atoms with E-state index < -0.39 is 24.4 Å². The van der Waals surface area contributed by atoms with Crippen molar-refractivity contribution in [3.05, 3.63) is 64.5 Å². The summed E-state index contributed by atoms with van der Waals surface area (Å²) in [6, 6.07) is 5.37. The van der Waals surface area contributed by atoms with Gasteiger partial charge in [-0.1, -0.05) is 6.07 Å². The van der Waals surface area contributed by atoms with Gasteiger partial charge in [0.25, 0.3) is 0 Å². The zero-order valence-corrected chi connectivity index (χ0v) is 19.1. The molecule has 1 amide bonds. The molecule has 36 heavy (non-hydrogen) atoms. The van der Waals surface area contributed by atoms with Crippen molar-refractivity contribution in [2.24, 2.45) is 0 Å². The fraction of sp³-hybridized carbons (Fsp3) is 0.391. The number of H-pyrrole nitrogens is 1. The van der Waals surface area contributed by atoms with Crippen LogP contribution in [0.25, 0.3) is 6.08 Å². The molecule has 13 heteroatoms. The van der Waals surface area contributed by atoms with Gasteiger partial charge in [-0.3, -0.25) is 14.4 Å². The van der Waals surface area contributed by atoms with Crippen LogP contribution in [0.3, 0.4) is 0 Å². The molecular weight excluding hydrogens is 479 g/mol. The van der Waals surface area contributed by atoms with E-state index in [1.165, 1.54) is 18.2 Å². The molecule has 0 bridgehead atoms. The number of carbonyl (C=O) groups excluding carboxylic acids is 1. The summed E-state index contributed by atoms with van der Waals surface area (Å²) in [5.41, 5.74) is 3.56. The Morgan fingerprint density at radius 2 is 1.94 bits per heavy atom. The smallest absolute Gasteiger partial charge is 0.387 e. The van der Waals surface area contributed by atoms with Crippen LogP contribution in [0.2, 0.25) is 0 Å². The minimum absolute atomic E-state index is 0.258. The van der Waals surface area contributed by atoms with E-state index in [0.717, 1.165) is 29.2 Å². The fourth-order valence-corrected chi connectivity index (χ4v) is 4.40. The van der Waals surface area contributed by atoms with Crippen LogP contribution in [0.1, 0.15) is 34.6 Å². The van der Waals surface area contributed by atoms with Crippen molar-refractivity contribution in [1.29, 1.82) is 0 Å². The number of nitrogens with zero attached hydrogens (tertiary/aromatic N) is 6. The number of rotatable bonds is 6. The number of amides is 1. The number of aromatic nitrogens is 5. The van der Waals surface area contributed by atoms with Crippen LogP contribution in [-0.2, 0) is 30.7 Å². The molecule has 0 spiro atoms. The van der Waals surface area contributed by atoms with E-state index in [2.05, 4.69) is 25.2 Å². The van der Waals surface area contributed by atoms with Gasteiger partial charge in [-0.15, -0.1) is 0 Å². The average molecular weight is 503 g/mol. The lowest BCUT2D eigenvalue weighted by molar-refractivity contribution is -0.126. The second-order valence-electron chi connectivity index (χ2n) is 8.57. The number of hydrogen-bond donors (Lipinski definition) is 2. The van der Waals surface area contributed by atoms with Gasteiger partial charge in [0.1, 0.15) is 5.69 Å². The molecular formula is C23H24F3N7O3. The van der Waals surface area contributed by atoms with Crippen LogP contribution in [0, 0.1) is 5.82 Å². The maximum Gasteiger partial charge on any atom is 0.387 e. The first kappa shape index (κ1) is 24.0. The first-order valence-corrected chi connectivity index (χ1v) is 11.5. The molecule has 1 atom stereocenters. The Kier molecular flexibility index (Phi) is 6.74. The van der Waals surface area contributed by atoms with Crippen LogP contribution >= 0.6 is 0 Å². The molecule has 5 rings (SSSR count). The number of alkyl halides is 2. The highest BCUT2D eigenvalue weighted by molar-refractivity contribution is 5.91. The normalized spacial score (nSPS) is 17.2. The van der Waals surface area contributed by atoms with E-state index in [9.17, 15) is 23.1 Å². The Bertz CT molecular complexity index is 1250. The molecule has 4 heterocycles. The van der Waals surface area contributed by atoms with E-state index >= 15 is 0 Å². The lowest BCUT2D eigenvalue weighted by Crippen LogP contribution is -2.34. The van der Waals surface area contributed by atoms with Crippen molar-refractivity contribution < 1.29 is 27.8 Å². The topological polar surface area (TPSA) is 112 Å². The molecule has 1 aromatic carbocycles. The highest BCUT2D eigenvalue weighted by atomic mass is 19.3. The van der Waals surface area contributed by atoms with Crippen LogP contribution in [0.4, 0.5) is 13.2 Å². The second kappa shape index (κ2) is 10.1. The average Bonchev–Trinajstić information content (AvgIpc) is 3.45. The van der Waals surface area contributed by atoms with E-state index in [4.69, 9.17) is 0 Å². The van der Waals surface area contributed by atoms with E-state index in [0.29, 0.717) is 56.8 Å². The highest BCUT2D eigenvalue weighted by Gasteiger charge is 2.28. The molecule has 3 aromatic rings. The van der Waals surface area contributed by atoms with Crippen molar-refractivity contribution >= 4 is 12.0 Å². The number of ether oxygens (including phenoxy) is 1. The monoisotopic (exact) mass is 503 g/mol. The van der Waals surface area contributed by atoms with Gasteiger partial charge in [0.05, 0.1) is 17.9 Å². The summed E-state index contributed by atoms with van der Waals surface area (Å²) in [6.07, 6.45) is 3.13. The summed E-state index contributed by atoms with van der Waals surface area (Å²) in [5.74, 6) is -1.75. The third kappa shape index (κ3) is 5.11. The van der Waals surface area contributed by atoms with Crippen molar-refractivity contribution in [2.45, 2.75) is 38.8 Å². The standard InChI is InChI=1S/C23H24F3N7O3/c24-16-11-14(1-3-20(16)36-23(25)26)2-4-21(34)31-7-5-15-12-18(29-33(15)10-9-31)22(35)32-8-6-17-19(13-32)28-30-27-17/h1-4,11-12,22-23,35H,5-10,13H2,(H,27,28,30)/b4-2+. The Morgan fingerprint density at radius 1 is 1.11 bits per heavy atom. The van der Waals surface area contributed by atoms with Gasteiger partial charge in [-0.05, 0) is 29.8 Å². The van der Waals surface area contributed by atoms with Gasteiger partial charge in [-0.2, -0.15) is 29.3 Å². The Balaban J connectivity index is 1.18. The SMILES string of the molecule is O=C(/C=C/c1ccc(OC(F)F)c(F)c1)N1CCc2cc(C(O)N3CCc4n[nH]nc4C3)nn2CC1. The predicted molar refractivity (Wildman–Crippen MR) is 120 cm³/mol. The Labute approximate surface area is 204 Å². The second-order valence-corrected chi connectivity index (χ2v) is 8.57. The van der Waals surface area contributed by atoms with Crippen LogP contribution < -0.4 is 4.74 Å². The molecule has 2 N–H and O–H groups in total. The first-order valence-electron chi connectivity index (χ1n) is 11.5. The largest absolute Gasteiger partial charge is 0.432 e. The van der Waals surface area contributed by atoms with Crippen LogP contribution in [-0.4, -0.2) is 72.3 Å². The minimum Gasteiger partial charge on any atom is -0.432 e. The van der Waals surface area contributed by atoms with Crippen LogP contribution in [0.5, 0.6) is 5.75 Å². The summed E-state index contributed by atoms with van der Waals surface area (Å²) in [7, 11) is 0. The van der Waals surface area contributed by atoms with E-state index in [1.807, 2.05) is 11.0 Å². The van der Waals surface area contributed by atoms with Crippen molar-refractivity contribution in [1.82, 2.24) is 35.0 Å². The highest BCUT2D eigenvalue weighted by Crippen LogP contribution is 2.25. The maximum absolute atomic E-state index is 13.9. The van der Waals surface area contributed by atoms with Gasteiger partial charge in [0, 0.05) is 50.8 Å². The lowest BCUT2D eigenvalue weighted by atomic mass is 10.1. The van der Waals surface area contributed by atoms with Gasteiger partial charge in [0.2, 0.25) is 5.91 Å². The number of halogens is 3. The molecule has 0 fully saturated rings. The minimum atomic E-state index is -3.12. The summed E-state index contributed by atoms with van der Waals surface area (Å²) in [4.78, 5) is 16.2. The molecule has 10 nitrogen and oxygen atoms in total. The molecule has 0 aliphatic carbocycles. The number of aliphatic hydroxyl groups excluding tert-OH is 1. The van der Waals surface area contributed by atoms with Gasteiger partial charge < -0.3 is 14.7 Å². The number of carbonyl (C=O) groups is 1. The number of hydrogen-bond acceptors (Lipinski definition) is 7. The van der Waals surface area contributed by atoms with Gasteiger partial charge in [-0.25, -0.2) is 4.39 Å². The summed E-state index contributed by atoms with van der Waals surface area (Å²) < 4.78 is 44.3.